The van der Waals surface area contributed by atoms with Crippen LogP contribution >= 0.6 is 0 Å². The van der Waals surface area contributed by atoms with E-state index in [-0.39, 0.29) is 6.04 Å². The highest BCUT2D eigenvalue weighted by Crippen LogP contribution is 2.22. The first-order chi connectivity index (χ1) is 9.22. The molecule has 0 fully saturated rings. The number of aromatic nitrogens is 2. The minimum Gasteiger partial charge on any atom is -0.377 e. The lowest BCUT2D eigenvalue weighted by Gasteiger charge is -2.18. The van der Waals surface area contributed by atoms with Gasteiger partial charge in [-0.05, 0) is 26.0 Å². The van der Waals surface area contributed by atoms with Crippen molar-refractivity contribution in [2.24, 2.45) is 7.05 Å². The van der Waals surface area contributed by atoms with E-state index in [1.807, 2.05) is 43.0 Å². The van der Waals surface area contributed by atoms with Gasteiger partial charge in [0.2, 0.25) is 0 Å². The van der Waals surface area contributed by atoms with Crippen LogP contribution in [0.5, 0.6) is 0 Å². The van der Waals surface area contributed by atoms with E-state index in [1.165, 1.54) is 5.56 Å². The van der Waals surface area contributed by atoms with Crippen LogP contribution in [-0.4, -0.2) is 16.4 Å². The SMILES string of the molecule is CCOCc1ccccc1NC(C)c1ccnn1C. The lowest BCUT2D eigenvalue weighted by Crippen LogP contribution is -2.12. The average Bonchev–Trinajstić information content (AvgIpc) is 2.84. The third-order valence-corrected chi connectivity index (χ3v) is 3.15. The Balaban J connectivity index is 2.12. The molecule has 0 radical (unpaired) electrons. The highest BCUT2D eigenvalue weighted by atomic mass is 16.5. The first-order valence-corrected chi connectivity index (χ1v) is 6.62. The van der Waals surface area contributed by atoms with Crippen LogP contribution in [0.3, 0.4) is 0 Å². The molecule has 0 bridgehead atoms. The van der Waals surface area contributed by atoms with Crippen molar-refractivity contribution in [2.75, 3.05) is 11.9 Å². The second-order valence-electron chi connectivity index (χ2n) is 4.54. The van der Waals surface area contributed by atoms with Gasteiger partial charge in [0, 0.05) is 31.1 Å². The van der Waals surface area contributed by atoms with Crippen LogP contribution in [0.25, 0.3) is 0 Å². The second kappa shape index (κ2) is 6.38. The van der Waals surface area contributed by atoms with Crippen LogP contribution in [0, 0.1) is 0 Å². The standard InChI is InChI=1S/C15H21N3O/c1-4-19-11-13-7-5-6-8-14(13)17-12(2)15-9-10-16-18(15)3/h5-10,12,17H,4,11H2,1-3H3. The van der Waals surface area contributed by atoms with E-state index in [4.69, 9.17) is 4.74 Å². The van der Waals surface area contributed by atoms with Crippen LogP contribution in [-0.2, 0) is 18.4 Å². The highest BCUT2D eigenvalue weighted by molar-refractivity contribution is 5.52. The van der Waals surface area contributed by atoms with Gasteiger partial charge in [-0.25, -0.2) is 0 Å². The van der Waals surface area contributed by atoms with E-state index in [9.17, 15) is 0 Å². The number of hydrogen-bond donors (Lipinski definition) is 1. The number of para-hydroxylation sites is 1. The molecule has 0 saturated heterocycles. The topological polar surface area (TPSA) is 39.1 Å². The Morgan fingerprint density at radius 1 is 1.32 bits per heavy atom. The second-order valence-corrected chi connectivity index (χ2v) is 4.54. The van der Waals surface area contributed by atoms with Crippen molar-refractivity contribution >= 4 is 5.69 Å². The van der Waals surface area contributed by atoms with Gasteiger partial charge in [0.05, 0.1) is 18.3 Å². The Hall–Kier alpha value is -1.81. The van der Waals surface area contributed by atoms with Gasteiger partial charge in [-0.2, -0.15) is 5.10 Å². The number of benzene rings is 1. The first kappa shape index (κ1) is 13.6. The van der Waals surface area contributed by atoms with Crippen LogP contribution in [0.15, 0.2) is 36.5 Å². The largest absolute Gasteiger partial charge is 0.377 e. The molecular weight excluding hydrogens is 238 g/mol. The molecule has 2 aromatic rings. The van der Waals surface area contributed by atoms with Crippen molar-refractivity contribution < 1.29 is 4.74 Å². The predicted molar refractivity (Wildman–Crippen MR) is 77.0 cm³/mol. The molecule has 0 aliphatic rings. The quantitative estimate of drug-likeness (QED) is 0.866. The molecule has 0 saturated carbocycles. The van der Waals surface area contributed by atoms with Crippen molar-refractivity contribution in [3.05, 3.63) is 47.8 Å². The molecule has 1 N–H and O–H groups in total. The number of nitrogens with one attached hydrogen (secondary N) is 1. The number of hydrogen-bond acceptors (Lipinski definition) is 3. The zero-order chi connectivity index (χ0) is 13.7. The monoisotopic (exact) mass is 259 g/mol. The summed E-state index contributed by atoms with van der Waals surface area (Å²) in [7, 11) is 1.96. The molecule has 1 aromatic carbocycles. The maximum absolute atomic E-state index is 5.50. The molecule has 1 aromatic heterocycles. The summed E-state index contributed by atoms with van der Waals surface area (Å²) >= 11 is 0. The maximum atomic E-state index is 5.50. The molecular formula is C15H21N3O. The van der Waals surface area contributed by atoms with Crippen LogP contribution in [0.1, 0.15) is 31.1 Å². The molecule has 1 heterocycles. The van der Waals surface area contributed by atoms with E-state index in [1.54, 1.807) is 0 Å². The lowest BCUT2D eigenvalue weighted by atomic mass is 10.1. The van der Waals surface area contributed by atoms with Gasteiger partial charge in [0.15, 0.2) is 0 Å². The van der Waals surface area contributed by atoms with E-state index in [0.717, 1.165) is 18.0 Å². The van der Waals surface area contributed by atoms with Crippen molar-refractivity contribution in [1.82, 2.24) is 9.78 Å². The molecule has 102 valence electrons. The maximum Gasteiger partial charge on any atom is 0.0736 e. The van der Waals surface area contributed by atoms with Crippen LogP contribution < -0.4 is 5.32 Å². The summed E-state index contributed by atoms with van der Waals surface area (Å²) in [5.74, 6) is 0. The summed E-state index contributed by atoms with van der Waals surface area (Å²) in [6, 6.07) is 10.5. The van der Waals surface area contributed by atoms with Gasteiger partial charge in [0.1, 0.15) is 0 Å². The predicted octanol–water partition coefficient (Wildman–Crippen LogP) is 3.13. The molecule has 2 rings (SSSR count). The summed E-state index contributed by atoms with van der Waals surface area (Å²) in [5.41, 5.74) is 3.45. The number of rotatable bonds is 6. The summed E-state index contributed by atoms with van der Waals surface area (Å²) in [4.78, 5) is 0. The fourth-order valence-corrected chi connectivity index (χ4v) is 2.12. The number of ether oxygens (including phenoxy) is 1. The minimum atomic E-state index is 0.204. The molecule has 0 aliphatic heterocycles. The Bertz CT molecular complexity index is 522. The molecule has 19 heavy (non-hydrogen) atoms. The summed E-state index contributed by atoms with van der Waals surface area (Å²) in [6.07, 6.45) is 1.82. The lowest BCUT2D eigenvalue weighted by molar-refractivity contribution is 0.134. The third kappa shape index (κ3) is 3.35. The number of nitrogens with zero attached hydrogens (tertiary/aromatic N) is 2. The molecule has 4 nitrogen and oxygen atoms in total. The molecule has 0 aliphatic carbocycles. The number of aryl methyl sites for hydroxylation is 1. The summed E-state index contributed by atoms with van der Waals surface area (Å²) in [5, 5.41) is 7.73. The van der Waals surface area contributed by atoms with E-state index in [2.05, 4.69) is 29.5 Å². The van der Waals surface area contributed by atoms with Gasteiger partial charge in [-0.3, -0.25) is 4.68 Å². The van der Waals surface area contributed by atoms with E-state index in [0.29, 0.717) is 6.61 Å². The Kier molecular flexibility index (Phi) is 4.58. The Labute approximate surface area is 114 Å². The average molecular weight is 259 g/mol. The fraction of sp³-hybridized carbons (Fsp3) is 0.400. The molecule has 1 unspecified atom stereocenters. The summed E-state index contributed by atoms with van der Waals surface area (Å²) < 4.78 is 7.39. The molecule has 4 heteroatoms. The Morgan fingerprint density at radius 2 is 2.11 bits per heavy atom. The summed E-state index contributed by atoms with van der Waals surface area (Å²) in [6.45, 7) is 5.51. The third-order valence-electron chi connectivity index (χ3n) is 3.15. The number of anilines is 1. The van der Waals surface area contributed by atoms with Crippen molar-refractivity contribution in [2.45, 2.75) is 26.5 Å². The fourth-order valence-electron chi connectivity index (χ4n) is 2.12. The smallest absolute Gasteiger partial charge is 0.0736 e. The first-order valence-electron chi connectivity index (χ1n) is 6.62. The van der Waals surface area contributed by atoms with Crippen LogP contribution in [0.4, 0.5) is 5.69 Å². The van der Waals surface area contributed by atoms with Gasteiger partial charge >= 0.3 is 0 Å². The normalized spacial score (nSPS) is 12.4. The van der Waals surface area contributed by atoms with Gasteiger partial charge in [-0.1, -0.05) is 18.2 Å². The van der Waals surface area contributed by atoms with E-state index >= 15 is 0 Å². The zero-order valence-electron chi connectivity index (χ0n) is 11.8. The van der Waals surface area contributed by atoms with Gasteiger partial charge < -0.3 is 10.1 Å². The van der Waals surface area contributed by atoms with E-state index < -0.39 is 0 Å². The van der Waals surface area contributed by atoms with Gasteiger partial charge in [0.25, 0.3) is 0 Å². The van der Waals surface area contributed by atoms with Crippen molar-refractivity contribution in [1.29, 1.82) is 0 Å². The molecule has 0 spiro atoms. The minimum absolute atomic E-state index is 0.204. The van der Waals surface area contributed by atoms with Gasteiger partial charge in [-0.15, -0.1) is 0 Å². The molecule has 1 atom stereocenters. The Morgan fingerprint density at radius 3 is 2.79 bits per heavy atom. The highest BCUT2D eigenvalue weighted by Gasteiger charge is 2.11. The van der Waals surface area contributed by atoms with Crippen molar-refractivity contribution in [3.63, 3.8) is 0 Å². The van der Waals surface area contributed by atoms with Crippen LogP contribution in [0.2, 0.25) is 0 Å². The molecule has 0 amide bonds. The zero-order valence-corrected chi connectivity index (χ0v) is 11.8. The van der Waals surface area contributed by atoms with Crippen molar-refractivity contribution in [3.8, 4) is 0 Å².